The predicted molar refractivity (Wildman–Crippen MR) is 136 cm³/mol. The summed E-state index contributed by atoms with van der Waals surface area (Å²) < 4.78 is 25.9. The van der Waals surface area contributed by atoms with Gasteiger partial charge in [-0.3, -0.25) is 9.80 Å². The quantitative estimate of drug-likeness (QED) is 0.465. The highest BCUT2D eigenvalue weighted by Gasteiger charge is 2.63. The molecular weight excluding hydrogens is 452 g/mol. The summed E-state index contributed by atoms with van der Waals surface area (Å²) in [5.41, 5.74) is 1.87. The van der Waals surface area contributed by atoms with E-state index in [0.29, 0.717) is 36.0 Å². The van der Waals surface area contributed by atoms with Gasteiger partial charge in [0.05, 0.1) is 25.1 Å². The molecule has 7 rings (SSSR count). The summed E-state index contributed by atoms with van der Waals surface area (Å²) in [6, 6.07) is 5.98. The highest BCUT2D eigenvalue weighted by atomic mass is 16.6. The van der Waals surface area contributed by atoms with Gasteiger partial charge in [0.25, 0.3) is 0 Å². The number of fused-ring (bicyclic) bond motifs is 6. The summed E-state index contributed by atoms with van der Waals surface area (Å²) in [6.07, 6.45) is 16.6. The predicted octanol–water partition coefficient (Wildman–Crippen LogP) is 6.66. The molecule has 0 unspecified atom stereocenters. The maximum atomic E-state index is 7.39. The maximum Gasteiger partial charge on any atom is 0.141 e. The van der Waals surface area contributed by atoms with Gasteiger partial charge >= 0.3 is 0 Å². The van der Waals surface area contributed by atoms with Crippen molar-refractivity contribution in [2.75, 3.05) is 0 Å². The molecular formula is C30H42N2O4. The fraction of sp³-hybridized carbons (Fsp3) is 0.733. The van der Waals surface area contributed by atoms with E-state index in [1.807, 2.05) is 25.1 Å². The van der Waals surface area contributed by atoms with E-state index < -0.39 is 0 Å². The zero-order valence-corrected chi connectivity index (χ0v) is 22.3. The topological polar surface area (TPSA) is 51.2 Å². The normalized spacial score (nSPS) is 47.4. The highest BCUT2D eigenvalue weighted by Crippen LogP contribution is 2.56. The van der Waals surface area contributed by atoms with Crippen molar-refractivity contribution in [3.8, 4) is 0 Å². The van der Waals surface area contributed by atoms with Crippen LogP contribution in [0.25, 0.3) is 0 Å². The van der Waals surface area contributed by atoms with Gasteiger partial charge in [-0.1, -0.05) is 13.8 Å². The summed E-state index contributed by atoms with van der Waals surface area (Å²) in [7, 11) is 0. The second-order valence-electron chi connectivity index (χ2n) is 12.9. The minimum absolute atomic E-state index is 0.0497. The maximum absolute atomic E-state index is 7.39. The molecule has 2 aromatic rings. The minimum atomic E-state index is -0.344. The van der Waals surface area contributed by atoms with Gasteiger partial charge in [0.1, 0.15) is 23.7 Å². The average Bonchev–Trinajstić information content (AvgIpc) is 3.58. The second-order valence-corrected chi connectivity index (χ2v) is 12.9. The third kappa shape index (κ3) is 3.44. The van der Waals surface area contributed by atoms with Gasteiger partial charge in [-0.25, -0.2) is 0 Å². The van der Waals surface area contributed by atoms with Crippen LogP contribution in [0, 0.1) is 11.8 Å². The first kappa shape index (κ1) is 23.5. The molecule has 5 saturated heterocycles. The Morgan fingerprint density at radius 1 is 0.667 bits per heavy atom. The molecule has 2 aromatic heterocycles. The molecule has 0 amide bonds. The summed E-state index contributed by atoms with van der Waals surface area (Å²) in [4.78, 5) is 5.39. The largest absolute Gasteiger partial charge is 0.472 e. The number of nitrogens with zero attached hydrogens (tertiary/aromatic N) is 2. The first-order valence-corrected chi connectivity index (χ1v) is 14.3. The van der Waals surface area contributed by atoms with Crippen molar-refractivity contribution in [2.24, 2.45) is 11.8 Å². The Morgan fingerprint density at radius 3 is 1.50 bits per heavy atom. The second kappa shape index (κ2) is 8.45. The van der Waals surface area contributed by atoms with Crippen molar-refractivity contribution < 1.29 is 18.3 Å². The molecule has 5 aliphatic rings. The molecule has 0 bridgehead atoms. The lowest BCUT2D eigenvalue weighted by Gasteiger charge is -2.67. The fourth-order valence-electron chi connectivity index (χ4n) is 8.58. The lowest BCUT2D eigenvalue weighted by molar-refractivity contribution is -0.402. The van der Waals surface area contributed by atoms with Crippen LogP contribution in [0.1, 0.15) is 102 Å². The van der Waals surface area contributed by atoms with E-state index in [9.17, 15) is 0 Å². The van der Waals surface area contributed by atoms with E-state index in [2.05, 4.69) is 49.6 Å². The molecule has 36 heavy (non-hydrogen) atoms. The van der Waals surface area contributed by atoms with Gasteiger partial charge in [0.15, 0.2) is 0 Å². The Balaban J connectivity index is 1.26. The zero-order valence-electron chi connectivity index (χ0n) is 22.3. The van der Waals surface area contributed by atoms with Crippen LogP contribution < -0.4 is 0 Å². The van der Waals surface area contributed by atoms with Crippen molar-refractivity contribution in [1.82, 2.24) is 9.80 Å². The lowest BCUT2D eigenvalue weighted by Crippen LogP contribution is -2.76. The first-order chi connectivity index (χ1) is 17.4. The van der Waals surface area contributed by atoms with Crippen LogP contribution in [0.15, 0.2) is 46.0 Å². The van der Waals surface area contributed by atoms with Crippen LogP contribution in [0.2, 0.25) is 0 Å². The van der Waals surface area contributed by atoms with Gasteiger partial charge < -0.3 is 18.3 Å². The molecule has 0 spiro atoms. The van der Waals surface area contributed by atoms with Gasteiger partial charge in [0.2, 0.25) is 0 Å². The molecule has 10 atom stereocenters. The Hall–Kier alpha value is -1.60. The fourth-order valence-corrected chi connectivity index (χ4v) is 8.58. The van der Waals surface area contributed by atoms with Crippen molar-refractivity contribution in [1.29, 1.82) is 0 Å². The Kier molecular flexibility index (Phi) is 5.52. The molecule has 0 N–H and O–H groups in total. The molecule has 6 nitrogen and oxygen atoms in total. The van der Waals surface area contributed by atoms with E-state index in [0.717, 1.165) is 38.5 Å². The zero-order chi connectivity index (χ0) is 24.7. The number of hydrogen-bond donors (Lipinski definition) is 0. The molecule has 0 aliphatic carbocycles. The molecule has 0 saturated carbocycles. The Bertz CT molecular complexity index is 971. The molecule has 7 heterocycles. The summed E-state index contributed by atoms with van der Waals surface area (Å²) in [6.45, 7) is 9.50. The van der Waals surface area contributed by atoms with Crippen LogP contribution in [-0.4, -0.2) is 45.5 Å². The van der Waals surface area contributed by atoms with Crippen molar-refractivity contribution in [3.63, 3.8) is 0 Å². The standard InChI is InChI=1S/C30H42N2O4/c1-19-5-7-25(21-11-15-33-17-21)31-23(19)9-13-29(3)27(31)35-30(4)14-10-24-20(2)6-8-26(22-12-16-34-18-22)32(24)28(30)36-29/h11-12,15-20,23-28H,5-10,13-14H2,1-4H3/t19-,20-,23+,24+,25+,26+,27-,28+,29-,30-/m1/s1. The van der Waals surface area contributed by atoms with E-state index in [1.165, 1.54) is 24.0 Å². The van der Waals surface area contributed by atoms with Crippen LogP contribution in [0.3, 0.4) is 0 Å². The molecule has 196 valence electrons. The minimum Gasteiger partial charge on any atom is -0.472 e. The third-order valence-corrected chi connectivity index (χ3v) is 10.7. The number of ether oxygens (including phenoxy) is 2. The first-order valence-electron chi connectivity index (χ1n) is 14.3. The van der Waals surface area contributed by atoms with E-state index in [1.54, 1.807) is 0 Å². The third-order valence-electron chi connectivity index (χ3n) is 10.7. The summed E-state index contributed by atoms with van der Waals surface area (Å²) in [5, 5.41) is 0. The molecule has 6 heteroatoms. The number of furan rings is 2. The summed E-state index contributed by atoms with van der Waals surface area (Å²) >= 11 is 0. The van der Waals surface area contributed by atoms with Gasteiger partial charge in [-0.05, 0) is 89.2 Å². The van der Waals surface area contributed by atoms with E-state index in [4.69, 9.17) is 18.3 Å². The van der Waals surface area contributed by atoms with Gasteiger partial charge in [0, 0.05) is 35.3 Å². The van der Waals surface area contributed by atoms with Crippen LogP contribution in [0.4, 0.5) is 0 Å². The van der Waals surface area contributed by atoms with E-state index in [-0.39, 0.29) is 23.7 Å². The van der Waals surface area contributed by atoms with Crippen molar-refractivity contribution >= 4 is 0 Å². The van der Waals surface area contributed by atoms with Crippen LogP contribution in [0.5, 0.6) is 0 Å². The van der Waals surface area contributed by atoms with Gasteiger partial charge in [-0.15, -0.1) is 0 Å². The number of piperidine rings is 4. The average molecular weight is 495 g/mol. The van der Waals surface area contributed by atoms with E-state index >= 15 is 0 Å². The summed E-state index contributed by atoms with van der Waals surface area (Å²) in [5.74, 6) is 1.33. The molecule has 5 aliphatic heterocycles. The molecule has 5 fully saturated rings. The van der Waals surface area contributed by atoms with Crippen LogP contribution in [-0.2, 0) is 9.47 Å². The van der Waals surface area contributed by atoms with Crippen molar-refractivity contribution in [2.45, 2.75) is 127 Å². The molecule has 0 radical (unpaired) electrons. The smallest absolute Gasteiger partial charge is 0.141 e. The highest BCUT2D eigenvalue weighted by molar-refractivity contribution is 5.19. The van der Waals surface area contributed by atoms with Gasteiger partial charge in [-0.2, -0.15) is 0 Å². The molecule has 0 aromatic carbocycles. The van der Waals surface area contributed by atoms with Crippen molar-refractivity contribution in [3.05, 3.63) is 48.3 Å². The van der Waals surface area contributed by atoms with Crippen LogP contribution >= 0.6 is 0 Å². The Morgan fingerprint density at radius 2 is 1.11 bits per heavy atom. The number of hydrogen-bond acceptors (Lipinski definition) is 6. The lowest BCUT2D eigenvalue weighted by atomic mass is 9.72. The number of rotatable bonds is 2. The SMILES string of the molecule is C[C@@H]1CC[C@@H](c2ccoc2)N2[C@H]3O[C@]4(C)CC[C@H]5[C@H](C)CC[C@@H](c6ccoc6)N5[C@@H]4O[C@]3(C)CC[C@@H]12. The Labute approximate surface area is 215 Å². The monoisotopic (exact) mass is 494 g/mol.